The molecule has 1 aliphatic carbocycles. The zero-order valence-electron chi connectivity index (χ0n) is 10.7. The molecule has 0 aromatic heterocycles. The molecule has 0 aliphatic heterocycles. The Morgan fingerprint density at radius 2 is 1.90 bits per heavy atom. The molecule has 0 radical (unpaired) electrons. The number of carboxylic acid groups (broad SMARTS) is 1. The van der Waals surface area contributed by atoms with Crippen molar-refractivity contribution < 1.29 is 19.1 Å². The average molecular weight is 344 g/mol. The van der Waals surface area contributed by atoms with Crippen LogP contribution < -0.4 is 5.32 Å². The molecular formula is C14H15BrFNO3. The summed E-state index contributed by atoms with van der Waals surface area (Å²) in [4.78, 5) is 23.3. The van der Waals surface area contributed by atoms with Crippen LogP contribution in [0.4, 0.5) is 10.1 Å². The van der Waals surface area contributed by atoms with Gasteiger partial charge in [0.25, 0.3) is 0 Å². The first kappa shape index (κ1) is 15.0. The van der Waals surface area contributed by atoms with Crippen LogP contribution in [0.3, 0.4) is 0 Å². The molecule has 1 fully saturated rings. The van der Waals surface area contributed by atoms with Crippen LogP contribution in [0.1, 0.15) is 25.7 Å². The second kappa shape index (κ2) is 6.35. The van der Waals surface area contributed by atoms with E-state index in [0.29, 0.717) is 17.3 Å². The van der Waals surface area contributed by atoms with E-state index in [1.54, 1.807) is 6.07 Å². The maximum Gasteiger partial charge on any atom is 0.307 e. The van der Waals surface area contributed by atoms with E-state index in [1.807, 2.05) is 0 Å². The highest BCUT2D eigenvalue weighted by atomic mass is 79.9. The van der Waals surface area contributed by atoms with Crippen LogP contribution in [0.5, 0.6) is 0 Å². The largest absolute Gasteiger partial charge is 0.481 e. The number of nitrogens with one attached hydrogen (secondary N) is 1. The third-order valence-electron chi connectivity index (χ3n) is 3.61. The number of halogens is 2. The van der Waals surface area contributed by atoms with E-state index in [9.17, 15) is 14.0 Å². The van der Waals surface area contributed by atoms with Gasteiger partial charge in [-0.15, -0.1) is 0 Å². The topological polar surface area (TPSA) is 66.4 Å². The Morgan fingerprint density at radius 1 is 1.25 bits per heavy atom. The van der Waals surface area contributed by atoms with Crippen molar-refractivity contribution in [2.75, 3.05) is 5.32 Å². The van der Waals surface area contributed by atoms with Gasteiger partial charge >= 0.3 is 5.97 Å². The highest BCUT2D eigenvalue weighted by Gasteiger charge is 2.35. The van der Waals surface area contributed by atoms with Gasteiger partial charge in [-0.2, -0.15) is 0 Å². The fraction of sp³-hybridized carbons (Fsp3) is 0.429. The molecule has 6 heteroatoms. The molecule has 0 heterocycles. The second-order valence-electron chi connectivity index (χ2n) is 4.95. The SMILES string of the molecule is O=C(Nc1ccc(Br)cc1F)[C@H]1CCCC[C@H]1C(=O)O. The monoisotopic (exact) mass is 343 g/mol. The molecule has 1 saturated carbocycles. The molecule has 20 heavy (non-hydrogen) atoms. The summed E-state index contributed by atoms with van der Waals surface area (Å²) in [6.45, 7) is 0. The van der Waals surface area contributed by atoms with Crippen molar-refractivity contribution in [2.45, 2.75) is 25.7 Å². The van der Waals surface area contributed by atoms with Gasteiger partial charge in [-0.1, -0.05) is 28.8 Å². The van der Waals surface area contributed by atoms with Gasteiger partial charge in [0.1, 0.15) is 5.82 Å². The first-order valence-corrected chi connectivity index (χ1v) is 7.27. The van der Waals surface area contributed by atoms with Gasteiger partial charge in [0.05, 0.1) is 17.5 Å². The summed E-state index contributed by atoms with van der Waals surface area (Å²) in [7, 11) is 0. The van der Waals surface area contributed by atoms with Crippen molar-refractivity contribution in [3.63, 3.8) is 0 Å². The van der Waals surface area contributed by atoms with Crippen molar-refractivity contribution in [1.82, 2.24) is 0 Å². The molecule has 1 amide bonds. The number of carbonyl (C=O) groups excluding carboxylic acids is 1. The van der Waals surface area contributed by atoms with Gasteiger partial charge in [-0.05, 0) is 31.0 Å². The number of carboxylic acids is 1. The summed E-state index contributed by atoms with van der Waals surface area (Å²) in [5, 5.41) is 11.6. The van der Waals surface area contributed by atoms with E-state index in [-0.39, 0.29) is 5.69 Å². The van der Waals surface area contributed by atoms with Crippen LogP contribution in [0.15, 0.2) is 22.7 Å². The van der Waals surface area contributed by atoms with E-state index in [2.05, 4.69) is 21.2 Å². The summed E-state index contributed by atoms with van der Waals surface area (Å²) in [6.07, 6.45) is 2.66. The molecule has 0 bridgehead atoms. The van der Waals surface area contributed by atoms with Crippen LogP contribution >= 0.6 is 15.9 Å². The zero-order valence-corrected chi connectivity index (χ0v) is 12.3. The minimum Gasteiger partial charge on any atom is -0.481 e. The minimum atomic E-state index is -0.957. The van der Waals surface area contributed by atoms with Crippen molar-refractivity contribution in [1.29, 1.82) is 0 Å². The summed E-state index contributed by atoms with van der Waals surface area (Å²) in [5.74, 6) is -3.19. The number of aliphatic carboxylic acids is 1. The number of amides is 1. The fourth-order valence-corrected chi connectivity index (χ4v) is 2.89. The van der Waals surface area contributed by atoms with Crippen LogP contribution in [-0.4, -0.2) is 17.0 Å². The molecule has 1 aliphatic rings. The van der Waals surface area contributed by atoms with E-state index < -0.39 is 29.5 Å². The summed E-state index contributed by atoms with van der Waals surface area (Å²) >= 11 is 3.14. The Balaban J connectivity index is 2.12. The highest BCUT2D eigenvalue weighted by molar-refractivity contribution is 9.10. The Hall–Kier alpha value is -1.43. The van der Waals surface area contributed by atoms with Gasteiger partial charge in [0.2, 0.25) is 5.91 Å². The van der Waals surface area contributed by atoms with Gasteiger partial charge in [0.15, 0.2) is 0 Å². The van der Waals surface area contributed by atoms with E-state index in [1.165, 1.54) is 12.1 Å². The lowest BCUT2D eigenvalue weighted by Gasteiger charge is -2.27. The Labute approximate surface area is 124 Å². The van der Waals surface area contributed by atoms with Gasteiger partial charge in [-0.3, -0.25) is 9.59 Å². The average Bonchev–Trinajstić information content (AvgIpc) is 2.41. The molecule has 1 aromatic rings. The van der Waals surface area contributed by atoms with E-state index in [0.717, 1.165) is 12.8 Å². The van der Waals surface area contributed by atoms with Crippen molar-refractivity contribution in [3.05, 3.63) is 28.5 Å². The quantitative estimate of drug-likeness (QED) is 0.883. The first-order chi connectivity index (χ1) is 9.49. The number of hydrogen-bond acceptors (Lipinski definition) is 2. The fourth-order valence-electron chi connectivity index (χ4n) is 2.56. The van der Waals surface area contributed by atoms with E-state index >= 15 is 0 Å². The highest BCUT2D eigenvalue weighted by Crippen LogP contribution is 2.31. The Morgan fingerprint density at radius 3 is 2.50 bits per heavy atom. The Kier molecular flexibility index (Phi) is 4.75. The molecule has 2 N–H and O–H groups in total. The standard InChI is InChI=1S/C14H15BrFNO3/c15-8-5-6-12(11(16)7-8)17-13(18)9-3-1-2-4-10(9)14(19)20/h5-7,9-10H,1-4H2,(H,17,18)(H,19,20)/t9-,10+/m0/s1. The summed E-state index contributed by atoms with van der Waals surface area (Å²) in [5.41, 5.74) is 0.0768. The predicted molar refractivity (Wildman–Crippen MR) is 75.8 cm³/mol. The Bertz CT molecular complexity index is 535. The molecule has 108 valence electrons. The molecule has 4 nitrogen and oxygen atoms in total. The molecule has 0 saturated heterocycles. The lowest BCUT2D eigenvalue weighted by molar-refractivity contribution is -0.147. The minimum absolute atomic E-state index is 0.0768. The number of benzene rings is 1. The number of anilines is 1. The third-order valence-corrected chi connectivity index (χ3v) is 4.10. The summed E-state index contributed by atoms with van der Waals surface area (Å²) < 4.78 is 14.3. The normalized spacial score (nSPS) is 22.3. The van der Waals surface area contributed by atoms with E-state index in [4.69, 9.17) is 5.11 Å². The first-order valence-electron chi connectivity index (χ1n) is 6.48. The zero-order chi connectivity index (χ0) is 14.7. The number of rotatable bonds is 3. The predicted octanol–water partition coefficient (Wildman–Crippen LogP) is 3.42. The van der Waals surface area contributed by atoms with Crippen molar-refractivity contribution in [2.24, 2.45) is 11.8 Å². The smallest absolute Gasteiger partial charge is 0.307 e. The maximum absolute atomic E-state index is 13.7. The van der Waals surface area contributed by atoms with Crippen molar-refractivity contribution >= 4 is 33.5 Å². The van der Waals surface area contributed by atoms with Crippen LogP contribution in [0.25, 0.3) is 0 Å². The molecule has 2 rings (SSSR count). The third kappa shape index (κ3) is 3.36. The maximum atomic E-state index is 13.7. The van der Waals surface area contributed by atoms with Crippen LogP contribution in [-0.2, 0) is 9.59 Å². The van der Waals surface area contributed by atoms with Crippen LogP contribution in [0, 0.1) is 17.7 Å². The summed E-state index contributed by atoms with van der Waals surface area (Å²) in [6, 6.07) is 4.33. The molecule has 0 spiro atoms. The van der Waals surface area contributed by atoms with Gasteiger partial charge < -0.3 is 10.4 Å². The van der Waals surface area contributed by atoms with Crippen LogP contribution in [0.2, 0.25) is 0 Å². The molecular weight excluding hydrogens is 329 g/mol. The second-order valence-corrected chi connectivity index (χ2v) is 5.86. The molecule has 2 atom stereocenters. The molecule has 1 aromatic carbocycles. The van der Waals surface area contributed by atoms with Gasteiger partial charge in [0, 0.05) is 4.47 Å². The lowest BCUT2D eigenvalue weighted by atomic mass is 9.78. The number of hydrogen-bond donors (Lipinski definition) is 2. The lowest BCUT2D eigenvalue weighted by Crippen LogP contribution is -2.36. The molecule has 0 unspecified atom stereocenters. The number of carbonyl (C=O) groups is 2. The van der Waals surface area contributed by atoms with Gasteiger partial charge in [-0.25, -0.2) is 4.39 Å². The van der Waals surface area contributed by atoms with Crippen molar-refractivity contribution in [3.8, 4) is 0 Å².